The van der Waals surface area contributed by atoms with Gasteiger partial charge in [0.05, 0.1) is 11.2 Å². The van der Waals surface area contributed by atoms with Crippen molar-refractivity contribution in [2.24, 2.45) is 0 Å². The fourth-order valence-electron chi connectivity index (χ4n) is 3.05. The van der Waals surface area contributed by atoms with Crippen molar-refractivity contribution >= 4 is 53.4 Å². The zero-order valence-corrected chi connectivity index (χ0v) is 20.8. The van der Waals surface area contributed by atoms with Gasteiger partial charge >= 0.3 is 5.97 Å². The molecule has 0 amide bonds. The summed E-state index contributed by atoms with van der Waals surface area (Å²) in [4.78, 5) is 27.7. The van der Waals surface area contributed by atoms with Crippen LogP contribution in [0, 0.1) is 11.8 Å². The van der Waals surface area contributed by atoms with E-state index in [0.717, 1.165) is 28.7 Å². The topological polar surface area (TPSA) is 79.3 Å². The highest BCUT2D eigenvalue weighted by Gasteiger charge is 2.28. The third kappa shape index (κ3) is 6.39. The predicted molar refractivity (Wildman–Crippen MR) is 140 cm³/mol. The average Bonchev–Trinajstić information content (AvgIpc) is 3.36. The molecule has 0 aliphatic heterocycles. The fraction of sp³-hybridized carbons (Fsp3) is 0.115. The summed E-state index contributed by atoms with van der Waals surface area (Å²) in [5.74, 6) is 4.85. The van der Waals surface area contributed by atoms with Crippen molar-refractivity contribution in [3.63, 3.8) is 0 Å². The molecule has 172 valence electrons. The van der Waals surface area contributed by atoms with Crippen LogP contribution in [0.3, 0.4) is 0 Å². The van der Waals surface area contributed by atoms with Gasteiger partial charge in [-0.3, -0.25) is 0 Å². The van der Waals surface area contributed by atoms with Crippen molar-refractivity contribution in [2.75, 3.05) is 0 Å². The lowest BCUT2D eigenvalue weighted by molar-refractivity contribution is -0.131. The molecular weight excluding hydrogens is 488 g/mol. The molecule has 3 aromatic rings. The van der Waals surface area contributed by atoms with E-state index in [1.165, 1.54) is 11.3 Å². The number of thiol groups is 1. The molecular formula is C26H21ClN2O3S2. The molecule has 0 radical (unpaired) electrons. The van der Waals surface area contributed by atoms with E-state index in [1.54, 1.807) is 42.8 Å². The number of thiazole rings is 1. The highest BCUT2D eigenvalue weighted by Crippen LogP contribution is 2.26. The standard InChI is InChI=1S/C26H21ClN2O3S2/c1-17(19-6-3-18(4-7-19)5-12-22-14-34-16-28-22)13-23(24(33)25(31)32)29-26(2,15-30)20-8-10-21(27)11-9-20/h3-4,6-11,13-16,29,33H,1-2H3,(H,31,32)/b17-13+,24-23+. The van der Waals surface area contributed by atoms with Gasteiger partial charge in [0.2, 0.25) is 0 Å². The normalized spacial score (nSPS) is 13.7. The van der Waals surface area contributed by atoms with Gasteiger partial charge in [-0.1, -0.05) is 41.8 Å². The van der Waals surface area contributed by atoms with Gasteiger partial charge in [0, 0.05) is 16.0 Å². The number of carboxylic acids is 1. The number of benzene rings is 2. The summed E-state index contributed by atoms with van der Waals surface area (Å²) < 4.78 is 0. The summed E-state index contributed by atoms with van der Waals surface area (Å²) in [6.45, 7) is 3.51. The van der Waals surface area contributed by atoms with Gasteiger partial charge in [-0.05, 0) is 66.8 Å². The van der Waals surface area contributed by atoms with E-state index in [9.17, 15) is 14.7 Å². The van der Waals surface area contributed by atoms with Gasteiger partial charge in [-0.15, -0.1) is 24.0 Å². The molecule has 5 nitrogen and oxygen atoms in total. The maximum Gasteiger partial charge on any atom is 0.344 e. The van der Waals surface area contributed by atoms with Crippen LogP contribution in [0.1, 0.15) is 36.2 Å². The Morgan fingerprint density at radius 3 is 2.41 bits per heavy atom. The lowest BCUT2D eigenvalue weighted by Gasteiger charge is -2.28. The van der Waals surface area contributed by atoms with E-state index in [0.29, 0.717) is 10.6 Å². The third-order valence-electron chi connectivity index (χ3n) is 5.00. The van der Waals surface area contributed by atoms with E-state index in [4.69, 9.17) is 11.6 Å². The average molecular weight is 509 g/mol. The van der Waals surface area contributed by atoms with Crippen molar-refractivity contribution in [3.8, 4) is 11.8 Å². The van der Waals surface area contributed by atoms with Gasteiger partial charge in [-0.2, -0.15) is 0 Å². The number of carbonyl (C=O) groups is 2. The first-order chi connectivity index (χ1) is 16.2. The van der Waals surface area contributed by atoms with Crippen LogP contribution in [0.2, 0.25) is 5.02 Å². The van der Waals surface area contributed by atoms with E-state index >= 15 is 0 Å². The Kier molecular flexibility index (Phi) is 8.35. The van der Waals surface area contributed by atoms with Gasteiger partial charge in [-0.25, -0.2) is 9.78 Å². The second-order valence-electron chi connectivity index (χ2n) is 7.55. The van der Waals surface area contributed by atoms with Gasteiger partial charge in [0.25, 0.3) is 0 Å². The minimum absolute atomic E-state index is 0.199. The first kappa shape index (κ1) is 25.3. The highest BCUT2D eigenvalue weighted by atomic mass is 35.5. The molecule has 34 heavy (non-hydrogen) atoms. The number of aliphatic carboxylic acids is 1. The maximum atomic E-state index is 12.1. The second-order valence-corrected chi connectivity index (χ2v) is 9.15. The molecule has 1 heterocycles. The number of carbonyl (C=O) groups excluding carboxylic acids is 1. The van der Waals surface area contributed by atoms with Crippen molar-refractivity contribution in [1.82, 2.24) is 10.3 Å². The third-order valence-corrected chi connectivity index (χ3v) is 6.27. The Morgan fingerprint density at radius 2 is 1.85 bits per heavy atom. The number of hydrogen-bond acceptors (Lipinski definition) is 6. The van der Waals surface area contributed by atoms with Gasteiger partial charge in [0.1, 0.15) is 22.4 Å². The molecule has 0 fully saturated rings. The molecule has 1 unspecified atom stereocenters. The minimum Gasteiger partial charge on any atom is -0.477 e. The SMILES string of the molecule is C/C(=C\C(NC(C)(C=O)c1ccc(Cl)cc1)=C(/S)C(=O)O)c1ccc(C#Cc2cscn2)cc1. The Labute approximate surface area is 212 Å². The van der Waals surface area contributed by atoms with Crippen LogP contribution < -0.4 is 5.32 Å². The quantitative estimate of drug-likeness (QED) is 0.128. The molecule has 0 bridgehead atoms. The van der Waals surface area contributed by atoms with Crippen LogP contribution in [0.5, 0.6) is 0 Å². The van der Waals surface area contributed by atoms with Crippen molar-refractivity contribution < 1.29 is 14.7 Å². The van der Waals surface area contributed by atoms with E-state index in [2.05, 4.69) is 34.8 Å². The minimum atomic E-state index is -1.22. The molecule has 0 saturated carbocycles. The molecule has 8 heteroatoms. The number of rotatable bonds is 7. The Morgan fingerprint density at radius 1 is 1.18 bits per heavy atom. The summed E-state index contributed by atoms with van der Waals surface area (Å²) in [6.07, 6.45) is 2.38. The first-order valence-electron chi connectivity index (χ1n) is 10.1. The molecule has 1 atom stereocenters. The summed E-state index contributed by atoms with van der Waals surface area (Å²) in [6, 6.07) is 14.3. The summed E-state index contributed by atoms with van der Waals surface area (Å²) in [7, 11) is 0. The maximum absolute atomic E-state index is 12.1. The van der Waals surface area contributed by atoms with Crippen LogP contribution in [-0.2, 0) is 15.1 Å². The zero-order chi connectivity index (χ0) is 24.7. The van der Waals surface area contributed by atoms with Crippen LogP contribution in [-0.4, -0.2) is 22.3 Å². The molecule has 2 N–H and O–H groups in total. The Balaban J connectivity index is 1.91. The van der Waals surface area contributed by atoms with Crippen LogP contribution in [0.4, 0.5) is 0 Å². The molecule has 3 rings (SSSR count). The highest BCUT2D eigenvalue weighted by molar-refractivity contribution is 7.85. The van der Waals surface area contributed by atoms with Crippen molar-refractivity contribution in [1.29, 1.82) is 0 Å². The molecule has 0 spiro atoms. The van der Waals surface area contributed by atoms with E-state index in [-0.39, 0.29) is 10.6 Å². The van der Waals surface area contributed by atoms with Crippen LogP contribution in [0.25, 0.3) is 5.57 Å². The molecule has 2 aromatic carbocycles. The van der Waals surface area contributed by atoms with Crippen molar-refractivity contribution in [3.05, 3.63) is 104 Å². The van der Waals surface area contributed by atoms with Crippen molar-refractivity contribution in [2.45, 2.75) is 19.4 Å². The first-order valence-corrected chi connectivity index (χ1v) is 11.8. The number of halogens is 1. The summed E-state index contributed by atoms with van der Waals surface area (Å²) in [5, 5.41) is 15.0. The molecule has 0 aliphatic rings. The number of hydrogen-bond donors (Lipinski definition) is 3. The van der Waals surface area contributed by atoms with Crippen LogP contribution >= 0.6 is 35.6 Å². The smallest absolute Gasteiger partial charge is 0.344 e. The lowest BCUT2D eigenvalue weighted by atomic mass is 9.93. The zero-order valence-electron chi connectivity index (χ0n) is 18.4. The predicted octanol–water partition coefficient (Wildman–Crippen LogP) is 5.53. The number of aldehydes is 1. The number of aromatic nitrogens is 1. The Hall–Kier alpha value is -3.31. The van der Waals surface area contributed by atoms with Crippen LogP contribution in [0.15, 0.2) is 76.1 Å². The van der Waals surface area contributed by atoms with Gasteiger partial charge in [0.15, 0.2) is 0 Å². The molecule has 0 saturated heterocycles. The monoisotopic (exact) mass is 508 g/mol. The molecule has 1 aromatic heterocycles. The number of carboxylic acid groups (broad SMARTS) is 1. The lowest BCUT2D eigenvalue weighted by Crippen LogP contribution is -2.40. The number of nitrogens with zero attached hydrogens (tertiary/aromatic N) is 1. The second kappa shape index (κ2) is 11.2. The number of allylic oxidation sites excluding steroid dienone is 2. The summed E-state index contributed by atoms with van der Waals surface area (Å²) >= 11 is 11.6. The van der Waals surface area contributed by atoms with Gasteiger partial charge < -0.3 is 15.2 Å². The largest absolute Gasteiger partial charge is 0.477 e. The fourth-order valence-corrected chi connectivity index (χ4v) is 3.78. The number of nitrogens with one attached hydrogen (secondary N) is 1. The van der Waals surface area contributed by atoms with E-state index in [1.807, 2.05) is 36.6 Å². The summed E-state index contributed by atoms with van der Waals surface area (Å²) in [5.41, 5.74) is 4.55. The van der Waals surface area contributed by atoms with E-state index < -0.39 is 11.5 Å². The Bertz CT molecular complexity index is 1300. The molecule has 0 aliphatic carbocycles.